The molecule has 0 aromatic rings. The van der Waals surface area contributed by atoms with Crippen molar-refractivity contribution in [1.82, 2.24) is 5.32 Å². The van der Waals surface area contributed by atoms with E-state index in [0.29, 0.717) is 12.8 Å². The third-order valence-electron chi connectivity index (χ3n) is 9.60. The Bertz CT molecular complexity index is 985. The Morgan fingerprint density at radius 3 is 1.41 bits per heavy atom. The van der Waals surface area contributed by atoms with E-state index in [4.69, 9.17) is 18.9 Å². The molecule has 0 rings (SSSR count). The molecule has 56 heavy (non-hydrogen) atoms. The van der Waals surface area contributed by atoms with Gasteiger partial charge in [-0.3, -0.25) is 9.59 Å². The fourth-order valence-corrected chi connectivity index (χ4v) is 7.39. The van der Waals surface area contributed by atoms with Crippen LogP contribution in [-0.2, 0) is 33.3 Å². The molecular formula is C46H85NO8S. The van der Waals surface area contributed by atoms with Crippen LogP contribution < -0.4 is 5.32 Å². The van der Waals surface area contributed by atoms with Crippen LogP contribution in [-0.4, -0.2) is 66.5 Å². The molecule has 0 bridgehead atoms. The second kappa shape index (κ2) is 38.3. The summed E-state index contributed by atoms with van der Waals surface area (Å²) in [7, 11) is 0. The highest BCUT2D eigenvalue weighted by molar-refractivity contribution is 7.99. The van der Waals surface area contributed by atoms with Crippen LogP contribution in [0.25, 0.3) is 0 Å². The summed E-state index contributed by atoms with van der Waals surface area (Å²) in [5.41, 5.74) is -0.740. The summed E-state index contributed by atoms with van der Waals surface area (Å²) >= 11 is 1.30. The Labute approximate surface area is 347 Å². The van der Waals surface area contributed by atoms with Gasteiger partial charge in [0.15, 0.2) is 0 Å². The van der Waals surface area contributed by atoms with Gasteiger partial charge in [0, 0.05) is 24.3 Å². The number of unbranched alkanes of at least 4 members (excludes halogenated alkanes) is 24. The maximum Gasteiger partial charge on any atom is 0.408 e. The molecule has 0 radical (unpaired) electrons. The third kappa shape index (κ3) is 37.4. The highest BCUT2D eigenvalue weighted by Crippen LogP contribution is 2.17. The molecule has 0 aliphatic carbocycles. The Hall–Kier alpha value is -2.23. The molecule has 0 fully saturated rings. The summed E-state index contributed by atoms with van der Waals surface area (Å²) in [6, 6.07) is -0.991. The lowest BCUT2D eigenvalue weighted by molar-refractivity contribution is -0.157. The Morgan fingerprint density at radius 1 is 0.589 bits per heavy atom. The minimum atomic E-state index is -0.991. The normalized spacial score (nSPS) is 12.4. The van der Waals surface area contributed by atoms with Crippen molar-refractivity contribution in [1.29, 1.82) is 0 Å². The lowest BCUT2D eigenvalue weighted by Gasteiger charge is -2.23. The van der Waals surface area contributed by atoms with E-state index in [-0.39, 0.29) is 36.7 Å². The quantitative estimate of drug-likeness (QED) is 0.0280. The van der Waals surface area contributed by atoms with Gasteiger partial charge in [-0.25, -0.2) is 9.59 Å². The van der Waals surface area contributed by atoms with Gasteiger partial charge in [0.05, 0.1) is 0 Å². The van der Waals surface area contributed by atoms with Crippen LogP contribution >= 0.6 is 11.8 Å². The Balaban J connectivity index is 4.78. The first kappa shape index (κ1) is 53.8. The molecule has 1 unspecified atom stereocenters. The van der Waals surface area contributed by atoms with E-state index in [1.165, 1.54) is 146 Å². The summed E-state index contributed by atoms with van der Waals surface area (Å²) in [6.45, 7) is 13.2. The SMILES string of the molecule is C=CCOC(=O)C(CSC[C@@H](COC(=O)CCCCCCCCCCCCCCC)OC(=O)CCCCCCCCCCCCCCC)NC(=O)OC(C)(C)C. The first-order valence-corrected chi connectivity index (χ1v) is 23.9. The maximum absolute atomic E-state index is 12.9. The van der Waals surface area contributed by atoms with Gasteiger partial charge in [0.1, 0.15) is 31.0 Å². The van der Waals surface area contributed by atoms with Crippen LogP contribution in [0.4, 0.5) is 4.79 Å². The fraction of sp³-hybridized carbons (Fsp3) is 0.870. The summed E-state index contributed by atoms with van der Waals surface area (Å²) in [6.07, 6.45) is 32.7. The number of nitrogens with one attached hydrogen (secondary N) is 1. The molecule has 0 aliphatic heterocycles. The number of amides is 1. The Morgan fingerprint density at radius 2 is 1.00 bits per heavy atom. The number of carbonyl (C=O) groups excluding carboxylic acids is 4. The van der Waals surface area contributed by atoms with E-state index in [9.17, 15) is 19.2 Å². The molecular weight excluding hydrogens is 727 g/mol. The average molecular weight is 812 g/mol. The maximum atomic E-state index is 12.9. The zero-order valence-electron chi connectivity index (χ0n) is 36.7. The molecule has 0 spiro atoms. The third-order valence-corrected chi connectivity index (χ3v) is 10.8. The monoisotopic (exact) mass is 812 g/mol. The van der Waals surface area contributed by atoms with Gasteiger partial charge in [-0.1, -0.05) is 181 Å². The van der Waals surface area contributed by atoms with Gasteiger partial charge < -0.3 is 24.3 Å². The average Bonchev–Trinajstić information content (AvgIpc) is 3.15. The van der Waals surface area contributed by atoms with Gasteiger partial charge in [0.25, 0.3) is 0 Å². The lowest BCUT2D eigenvalue weighted by Crippen LogP contribution is -2.46. The van der Waals surface area contributed by atoms with E-state index in [0.717, 1.165) is 38.5 Å². The van der Waals surface area contributed by atoms with Crippen LogP contribution in [0.2, 0.25) is 0 Å². The molecule has 2 atom stereocenters. The minimum Gasteiger partial charge on any atom is -0.462 e. The predicted molar refractivity (Wildman–Crippen MR) is 233 cm³/mol. The summed E-state index contributed by atoms with van der Waals surface area (Å²) < 4.78 is 21.9. The topological polar surface area (TPSA) is 117 Å². The van der Waals surface area contributed by atoms with Gasteiger partial charge in [-0.05, 0) is 33.6 Å². The number of rotatable bonds is 39. The smallest absolute Gasteiger partial charge is 0.408 e. The Kier molecular flexibility index (Phi) is 36.8. The molecule has 328 valence electrons. The summed E-state index contributed by atoms with van der Waals surface area (Å²) in [5, 5.41) is 2.59. The second-order valence-corrected chi connectivity index (χ2v) is 17.5. The number of hydrogen-bond acceptors (Lipinski definition) is 9. The van der Waals surface area contributed by atoms with Crippen LogP contribution in [0, 0.1) is 0 Å². The molecule has 0 aromatic carbocycles. The van der Waals surface area contributed by atoms with Crippen LogP contribution in [0.1, 0.15) is 214 Å². The molecule has 10 heteroatoms. The van der Waals surface area contributed by atoms with E-state index in [1.807, 2.05) is 0 Å². The van der Waals surface area contributed by atoms with E-state index < -0.39 is 29.8 Å². The van der Waals surface area contributed by atoms with Gasteiger partial charge in [-0.2, -0.15) is 11.8 Å². The summed E-state index contributed by atoms with van der Waals surface area (Å²) in [4.78, 5) is 50.7. The van der Waals surface area contributed by atoms with Gasteiger partial charge in [0.2, 0.25) is 0 Å². The molecule has 0 saturated heterocycles. The molecule has 1 amide bonds. The molecule has 0 saturated carbocycles. The first-order valence-electron chi connectivity index (χ1n) is 22.7. The number of hydrogen-bond donors (Lipinski definition) is 1. The van der Waals surface area contributed by atoms with E-state index in [1.54, 1.807) is 20.8 Å². The van der Waals surface area contributed by atoms with Crippen molar-refractivity contribution in [2.45, 2.75) is 232 Å². The summed E-state index contributed by atoms with van der Waals surface area (Å²) in [5.74, 6) is -0.816. The van der Waals surface area contributed by atoms with Crippen molar-refractivity contribution in [3.8, 4) is 0 Å². The zero-order chi connectivity index (χ0) is 41.5. The second-order valence-electron chi connectivity index (χ2n) is 16.4. The first-order chi connectivity index (χ1) is 27.0. The van der Waals surface area contributed by atoms with Crippen LogP contribution in [0.3, 0.4) is 0 Å². The number of thioether (sulfide) groups is 1. The number of carbonyl (C=O) groups is 4. The van der Waals surface area contributed by atoms with Crippen molar-refractivity contribution in [2.75, 3.05) is 24.7 Å². The van der Waals surface area contributed by atoms with Crippen LogP contribution in [0.15, 0.2) is 12.7 Å². The molecule has 1 N–H and O–H groups in total. The van der Waals surface area contributed by atoms with Crippen molar-refractivity contribution < 1.29 is 38.1 Å². The highest BCUT2D eigenvalue weighted by atomic mass is 32.2. The van der Waals surface area contributed by atoms with E-state index in [2.05, 4.69) is 25.7 Å². The van der Waals surface area contributed by atoms with Crippen molar-refractivity contribution in [2.24, 2.45) is 0 Å². The number of alkyl carbamates (subject to hydrolysis) is 1. The predicted octanol–water partition coefficient (Wildman–Crippen LogP) is 12.8. The highest BCUT2D eigenvalue weighted by Gasteiger charge is 2.27. The lowest BCUT2D eigenvalue weighted by atomic mass is 10.0. The zero-order valence-corrected chi connectivity index (χ0v) is 37.6. The van der Waals surface area contributed by atoms with Crippen LogP contribution in [0.5, 0.6) is 0 Å². The molecule has 0 heterocycles. The number of ether oxygens (including phenoxy) is 4. The molecule has 0 aliphatic rings. The number of esters is 3. The van der Waals surface area contributed by atoms with E-state index >= 15 is 0 Å². The minimum absolute atomic E-state index is 0.00460. The van der Waals surface area contributed by atoms with Crippen molar-refractivity contribution in [3.05, 3.63) is 12.7 Å². The largest absolute Gasteiger partial charge is 0.462 e. The van der Waals surface area contributed by atoms with Crippen molar-refractivity contribution in [3.63, 3.8) is 0 Å². The fourth-order valence-electron chi connectivity index (χ4n) is 6.37. The molecule has 0 aromatic heterocycles. The van der Waals surface area contributed by atoms with Gasteiger partial charge >= 0.3 is 24.0 Å². The standard InChI is InChI=1S/C46H85NO8S/c1-7-10-12-14-16-18-20-22-24-26-28-30-32-34-42(48)53-37-40(38-56-39-41(44(50)52-36-9-3)47-45(51)55-46(4,5)6)54-43(49)35-33-31-29-27-25-23-21-19-17-15-13-11-8-2/h9,40-41H,3,7-8,10-39H2,1-2,4-6H3,(H,47,51)/t40-,41?/m1/s1. The van der Waals surface area contributed by atoms with Crippen molar-refractivity contribution >= 4 is 35.8 Å². The van der Waals surface area contributed by atoms with Gasteiger partial charge in [-0.15, -0.1) is 0 Å². The molecule has 9 nitrogen and oxygen atoms in total.